The Hall–Kier alpha value is -3.49. The molecule has 1 aliphatic heterocycles. The van der Waals surface area contributed by atoms with E-state index in [9.17, 15) is 13.6 Å². The van der Waals surface area contributed by atoms with Crippen LogP contribution in [0.3, 0.4) is 0 Å². The Morgan fingerprint density at radius 2 is 1.93 bits per heavy atom. The quantitative estimate of drug-likeness (QED) is 0.637. The molecular formula is C21H20F2N4O3. The second-order valence-corrected chi connectivity index (χ2v) is 7.22. The van der Waals surface area contributed by atoms with Crippen LogP contribution in [-0.4, -0.2) is 27.6 Å². The van der Waals surface area contributed by atoms with E-state index in [4.69, 9.17) is 9.47 Å². The fraction of sp³-hybridized carbons (Fsp3) is 0.286. The van der Waals surface area contributed by atoms with Gasteiger partial charge in [-0.1, -0.05) is 0 Å². The SMILES string of the molecule is Cc1cc(Oc2c(F)cc(COc3cc4n(c(=O)n3)C[C@@H](C)N4C)cc2F)ccn1. The summed E-state index contributed by atoms with van der Waals surface area (Å²) in [5, 5.41) is 0. The average Bonchev–Trinajstić information content (AvgIpc) is 2.98. The predicted molar refractivity (Wildman–Crippen MR) is 106 cm³/mol. The lowest BCUT2D eigenvalue weighted by molar-refractivity contribution is 0.289. The van der Waals surface area contributed by atoms with Crippen molar-refractivity contribution < 1.29 is 18.3 Å². The van der Waals surface area contributed by atoms with Crippen LogP contribution in [0.5, 0.6) is 17.4 Å². The van der Waals surface area contributed by atoms with Crippen molar-refractivity contribution in [2.75, 3.05) is 11.9 Å². The topological polar surface area (TPSA) is 69.5 Å². The number of rotatable bonds is 5. The minimum Gasteiger partial charge on any atom is -0.473 e. The van der Waals surface area contributed by atoms with Crippen LogP contribution in [0, 0.1) is 18.6 Å². The maximum Gasteiger partial charge on any atom is 0.352 e. The zero-order chi connectivity index (χ0) is 21.4. The molecule has 9 heteroatoms. The van der Waals surface area contributed by atoms with Crippen molar-refractivity contribution in [3.8, 4) is 17.4 Å². The van der Waals surface area contributed by atoms with E-state index in [0.717, 1.165) is 12.1 Å². The molecule has 30 heavy (non-hydrogen) atoms. The van der Waals surface area contributed by atoms with Gasteiger partial charge in [-0.25, -0.2) is 13.6 Å². The molecule has 0 N–H and O–H groups in total. The van der Waals surface area contributed by atoms with E-state index in [1.165, 1.54) is 12.3 Å². The van der Waals surface area contributed by atoms with Crippen molar-refractivity contribution in [3.63, 3.8) is 0 Å². The van der Waals surface area contributed by atoms with E-state index in [-0.39, 0.29) is 29.8 Å². The summed E-state index contributed by atoms with van der Waals surface area (Å²) in [4.78, 5) is 22.0. The number of benzene rings is 1. The van der Waals surface area contributed by atoms with Gasteiger partial charge in [-0.15, -0.1) is 0 Å². The third kappa shape index (κ3) is 3.83. The minimum absolute atomic E-state index is 0.0978. The number of aryl methyl sites for hydroxylation is 1. The zero-order valence-electron chi connectivity index (χ0n) is 16.7. The molecule has 1 aromatic carbocycles. The van der Waals surface area contributed by atoms with Crippen LogP contribution in [0.15, 0.2) is 41.3 Å². The molecule has 4 rings (SSSR count). The van der Waals surface area contributed by atoms with Crippen molar-refractivity contribution in [1.29, 1.82) is 0 Å². The molecule has 0 saturated carbocycles. The number of pyridine rings is 1. The number of ether oxygens (including phenoxy) is 2. The molecule has 1 atom stereocenters. The molecule has 0 amide bonds. The number of hydrogen-bond acceptors (Lipinski definition) is 6. The molecule has 156 valence electrons. The Labute approximate surface area is 171 Å². The van der Waals surface area contributed by atoms with Crippen LogP contribution < -0.4 is 20.1 Å². The van der Waals surface area contributed by atoms with Gasteiger partial charge in [0.05, 0.1) is 0 Å². The molecule has 0 unspecified atom stereocenters. The Bertz CT molecular complexity index is 1140. The first-order valence-corrected chi connectivity index (χ1v) is 9.38. The number of fused-ring (bicyclic) bond motifs is 1. The van der Waals surface area contributed by atoms with Crippen LogP contribution in [0.4, 0.5) is 14.6 Å². The smallest absolute Gasteiger partial charge is 0.352 e. The standard InChI is InChI=1S/C21H20F2N4O3/c1-12-6-15(4-5-24-12)30-20-16(22)7-14(8-17(20)23)11-29-18-9-19-26(3)13(2)10-27(19)21(28)25-18/h4-9,13H,10-11H2,1-3H3/t13-/m1/s1. The summed E-state index contributed by atoms with van der Waals surface area (Å²) in [6.45, 7) is 4.14. The van der Waals surface area contributed by atoms with Gasteiger partial charge in [-0.05, 0) is 37.6 Å². The van der Waals surface area contributed by atoms with E-state index in [0.29, 0.717) is 18.1 Å². The Balaban J connectivity index is 1.51. The number of aromatic nitrogens is 3. The van der Waals surface area contributed by atoms with E-state index in [2.05, 4.69) is 9.97 Å². The summed E-state index contributed by atoms with van der Waals surface area (Å²) >= 11 is 0. The lowest BCUT2D eigenvalue weighted by atomic mass is 10.2. The minimum atomic E-state index is -0.862. The highest BCUT2D eigenvalue weighted by atomic mass is 19.1. The van der Waals surface area contributed by atoms with Gasteiger partial charge in [0.2, 0.25) is 5.88 Å². The highest BCUT2D eigenvalue weighted by Crippen LogP contribution is 2.29. The summed E-state index contributed by atoms with van der Waals surface area (Å²) in [6, 6.07) is 7.14. The van der Waals surface area contributed by atoms with Crippen LogP contribution in [0.2, 0.25) is 0 Å². The largest absolute Gasteiger partial charge is 0.473 e. The summed E-state index contributed by atoms with van der Waals surface area (Å²) < 4.78 is 41.3. The van der Waals surface area contributed by atoms with E-state index < -0.39 is 23.1 Å². The molecule has 0 aliphatic carbocycles. The molecule has 0 fully saturated rings. The maximum absolute atomic E-state index is 14.4. The predicted octanol–water partition coefficient (Wildman–Crippen LogP) is 3.43. The van der Waals surface area contributed by atoms with Gasteiger partial charge in [0, 0.05) is 43.7 Å². The Morgan fingerprint density at radius 3 is 2.63 bits per heavy atom. The van der Waals surface area contributed by atoms with Crippen molar-refractivity contribution in [1.82, 2.24) is 14.5 Å². The third-order valence-electron chi connectivity index (χ3n) is 4.97. The molecule has 1 aliphatic rings. The monoisotopic (exact) mass is 414 g/mol. The van der Waals surface area contributed by atoms with Crippen molar-refractivity contribution in [3.05, 3.63) is 69.9 Å². The lowest BCUT2D eigenvalue weighted by Gasteiger charge is -2.16. The van der Waals surface area contributed by atoms with E-state index in [1.54, 1.807) is 23.6 Å². The summed E-state index contributed by atoms with van der Waals surface area (Å²) in [5.41, 5.74) is 0.482. The van der Waals surface area contributed by atoms with Gasteiger partial charge < -0.3 is 14.4 Å². The first-order valence-electron chi connectivity index (χ1n) is 9.38. The van der Waals surface area contributed by atoms with Gasteiger partial charge in [-0.3, -0.25) is 9.55 Å². The number of anilines is 1. The summed E-state index contributed by atoms with van der Waals surface area (Å²) in [6.07, 6.45) is 1.49. The van der Waals surface area contributed by atoms with Crippen molar-refractivity contribution >= 4 is 5.82 Å². The van der Waals surface area contributed by atoms with E-state index in [1.807, 2.05) is 18.9 Å². The highest BCUT2D eigenvalue weighted by molar-refractivity contribution is 5.45. The molecule has 7 nitrogen and oxygen atoms in total. The zero-order valence-corrected chi connectivity index (χ0v) is 16.7. The van der Waals surface area contributed by atoms with Gasteiger partial charge in [-0.2, -0.15) is 4.98 Å². The maximum atomic E-state index is 14.4. The highest BCUT2D eigenvalue weighted by Gasteiger charge is 2.25. The lowest BCUT2D eigenvalue weighted by Crippen LogP contribution is -2.23. The molecule has 0 bridgehead atoms. The van der Waals surface area contributed by atoms with Gasteiger partial charge in [0.15, 0.2) is 17.4 Å². The van der Waals surface area contributed by atoms with E-state index >= 15 is 0 Å². The Kier molecular flexibility index (Phi) is 5.11. The molecule has 3 heterocycles. The average molecular weight is 414 g/mol. The molecule has 0 spiro atoms. The number of hydrogen-bond donors (Lipinski definition) is 0. The molecule has 0 radical (unpaired) electrons. The molecular weight excluding hydrogens is 394 g/mol. The third-order valence-corrected chi connectivity index (χ3v) is 4.97. The fourth-order valence-corrected chi connectivity index (χ4v) is 3.27. The Morgan fingerprint density at radius 1 is 1.20 bits per heavy atom. The number of halogens is 2. The van der Waals surface area contributed by atoms with Crippen LogP contribution in [0.1, 0.15) is 18.2 Å². The normalized spacial score (nSPS) is 15.2. The van der Waals surface area contributed by atoms with Crippen LogP contribution in [-0.2, 0) is 13.2 Å². The molecule has 3 aromatic rings. The van der Waals surface area contributed by atoms with Gasteiger partial charge in [0.25, 0.3) is 0 Å². The van der Waals surface area contributed by atoms with Crippen LogP contribution >= 0.6 is 0 Å². The second kappa shape index (κ2) is 7.74. The molecule has 2 aromatic heterocycles. The fourth-order valence-electron chi connectivity index (χ4n) is 3.27. The summed E-state index contributed by atoms with van der Waals surface area (Å²) in [7, 11) is 1.88. The first-order chi connectivity index (χ1) is 14.3. The van der Waals surface area contributed by atoms with Crippen molar-refractivity contribution in [2.45, 2.75) is 33.0 Å². The number of likely N-dealkylation sites (N-methyl/N-ethyl adjacent to an activating group) is 1. The second-order valence-electron chi connectivity index (χ2n) is 7.22. The van der Waals surface area contributed by atoms with Gasteiger partial charge >= 0.3 is 5.69 Å². The van der Waals surface area contributed by atoms with Gasteiger partial charge in [0.1, 0.15) is 18.2 Å². The number of nitrogens with zero attached hydrogens (tertiary/aromatic N) is 4. The van der Waals surface area contributed by atoms with Crippen LogP contribution in [0.25, 0.3) is 0 Å². The van der Waals surface area contributed by atoms with Crippen molar-refractivity contribution in [2.24, 2.45) is 0 Å². The molecule has 0 saturated heterocycles. The first kappa shape index (κ1) is 19.8. The summed E-state index contributed by atoms with van der Waals surface area (Å²) in [5.74, 6) is -1.16.